The fraction of sp³-hybridized carbons (Fsp3) is 0.500. The van der Waals surface area contributed by atoms with Crippen molar-refractivity contribution in [2.45, 2.75) is 26.2 Å². The van der Waals surface area contributed by atoms with E-state index < -0.39 is 0 Å². The zero-order chi connectivity index (χ0) is 16.1. The second-order valence-electron chi connectivity index (χ2n) is 6.28. The van der Waals surface area contributed by atoms with E-state index in [4.69, 9.17) is 11.6 Å². The first kappa shape index (κ1) is 16.3. The van der Waals surface area contributed by atoms with E-state index in [9.17, 15) is 0 Å². The molecule has 1 N–H and O–H groups in total. The van der Waals surface area contributed by atoms with E-state index in [1.54, 1.807) is 0 Å². The molecule has 0 amide bonds. The molecule has 4 nitrogen and oxygen atoms in total. The Labute approximate surface area is 143 Å². The van der Waals surface area contributed by atoms with Crippen LogP contribution in [0.25, 0.3) is 0 Å². The standard InChI is InChI=1S/C18H25ClN4/c1-15-14-16(21-20-15)6-4-5-9-22-10-12-23(13-11-22)18-8-3-2-7-17(18)19/h2-3,7-8,14H,4-6,9-13H2,1H3,(H,20,21). The van der Waals surface area contributed by atoms with Gasteiger partial charge in [-0.05, 0) is 50.9 Å². The number of aromatic amines is 1. The molecule has 3 rings (SSSR count). The minimum Gasteiger partial charge on any atom is -0.368 e. The average molecular weight is 333 g/mol. The summed E-state index contributed by atoms with van der Waals surface area (Å²) in [7, 11) is 0. The highest BCUT2D eigenvalue weighted by Gasteiger charge is 2.18. The van der Waals surface area contributed by atoms with Crippen LogP contribution in [-0.2, 0) is 6.42 Å². The maximum atomic E-state index is 6.29. The number of H-pyrrole nitrogens is 1. The third-order valence-corrected chi connectivity index (χ3v) is 4.80. The van der Waals surface area contributed by atoms with Crippen LogP contribution in [0, 0.1) is 6.92 Å². The van der Waals surface area contributed by atoms with E-state index in [1.807, 2.05) is 12.1 Å². The number of aromatic nitrogens is 2. The van der Waals surface area contributed by atoms with Crippen molar-refractivity contribution in [1.29, 1.82) is 0 Å². The summed E-state index contributed by atoms with van der Waals surface area (Å²) in [5, 5.41) is 8.16. The average Bonchev–Trinajstić information content (AvgIpc) is 2.98. The summed E-state index contributed by atoms with van der Waals surface area (Å²) in [6.45, 7) is 7.58. The number of halogens is 1. The third-order valence-electron chi connectivity index (χ3n) is 4.48. The summed E-state index contributed by atoms with van der Waals surface area (Å²) in [6, 6.07) is 10.3. The molecule has 0 atom stereocenters. The van der Waals surface area contributed by atoms with E-state index in [0.717, 1.165) is 43.3 Å². The topological polar surface area (TPSA) is 35.2 Å². The Morgan fingerprint density at radius 1 is 1.13 bits per heavy atom. The smallest absolute Gasteiger partial charge is 0.0639 e. The van der Waals surface area contributed by atoms with Crippen LogP contribution in [0.4, 0.5) is 5.69 Å². The first-order valence-electron chi connectivity index (χ1n) is 8.45. The Morgan fingerprint density at radius 2 is 1.91 bits per heavy atom. The van der Waals surface area contributed by atoms with E-state index >= 15 is 0 Å². The molecule has 0 saturated carbocycles. The van der Waals surface area contributed by atoms with Gasteiger partial charge in [0.2, 0.25) is 0 Å². The van der Waals surface area contributed by atoms with Crippen molar-refractivity contribution in [2.24, 2.45) is 0 Å². The number of hydrogen-bond donors (Lipinski definition) is 1. The Hall–Kier alpha value is -1.52. The lowest BCUT2D eigenvalue weighted by Gasteiger charge is -2.36. The zero-order valence-corrected chi connectivity index (χ0v) is 14.5. The molecule has 0 bridgehead atoms. The van der Waals surface area contributed by atoms with Crippen LogP contribution in [-0.4, -0.2) is 47.8 Å². The van der Waals surface area contributed by atoms with Crippen LogP contribution in [0.3, 0.4) is 0 Å². The largest absolute Gasteiger partial charge is 0.368 e. The highest BCUT2D eigenvalue weighted by molar-refractivity contribution is 6.33. The Morgan fingerprint density at radius 3 is 2.61 bits per heavy atom. The molecule has 1 aliphatic heterocycles. The number of anilines is 1. The summed E-state index contributed by atoms with van der Waals surface area (Å²) in [5.41, 5.74) is 3.50. The zero-order valence-electron chi connectivity index (χ0n) is 13.8. The molecule has 0 radical (unpaired) electrons. The number of benzene rings is 1. The summed E-state index contributed by atoms with van der Waals surface area (Å²) in [4.78, 5) is 4.95. The first-order valence-corrected chi connectivity index (χ1v) is 8.83. The lowest BCUT2D eigenvalue weighted by molar-refractivity contribution is 0.253. The van der Waals surface area contributed by atoms with Gasteiger partial charge in [-0.1, -0.05) is 23.7 Å². The predicted octanol–water partition coefficient (Wildman–Crippen LogP) is 3.52. The lowest BCUT2D eigenvalue weighted by atomic mass is 10.1. The summed E-state index contributed by atoms with van der Waals surface area (Å²) < 4.78 is 0. The number of aryl methyl sites for hydroxylation is 2. The maximum absolute atomic E-state index is 6.29. The van der Waals surface area contributed by atoms with Gasteiger partial charge in [0.1, 0.15) is 0 Å². The van der Waals surface area contributed by atoms with Crippen LogP contribution >= 0.6 is 11.6 Å². The molecule has 0 spiro atoms. The van der Waals surface area contributed by atoms with Crippen LogP contribution < -0.4 is 4.90 Å². The Bertz CT molecular complexity index is 617. The van der Waals surface area contributed by atoms with Crippen molar-refractivity contribution < 1.29 is 0 Å². The van der Waals surface area contributed by atoms with E-state index in [0.29, 0.717) is 0 Å². The Kier molecular flexibility index (Phi) is 5.57. The van der Waals surface area contributed by atoms with E-state index in [-0.39, 0.29) is 0 Å². The van der Waals surface area contributed by atoms with Crippen LogP contribution in [0.1, 0.15) is 24.2 Å². The lowest BCUT2D eigenvalue weighted by Crippen LogP contribution is -2.46. The van der Waals surface area contributed by atoms with Crippen LogP contribution in [0.5, 0.6) is 0 Å². The molecule has 1 saturated heterocycles. The molecule has 2 heterocycles. The second-order valence-corrected chi connectivity index (χ2v) is 6.69. The van der Waals surface area contributed by atoms with Crippen molar-refractivity contribution in [3.63, 3.8) is 0 Å². The first-order chi connectivity index (χ1) is 11.2. The molecule has 1 aromatic heterocycles. The molecule has 1 aliphatic rings. The van der Waals surface area contributed by atoms with Crippen molar-refractivity contribution >= 4 is 17.3 Å². The van der Waals surface area contributed by atoms with Gasteiger partial charge in [0, 0.05) is 31.9 Å². The van der Waals surface area contributed by atoms with Gasteiger partial charge >= 0.3 is 0 Å². The highest BCUT2D eigenvalue weighted by atomic mass is 35.5. The monoisotopic (exact) mass is 332 g/mol. The van der Waals surface area contributed by atoms with E-state index in [1.165, 1.54) is 30.8 Å². The minimum absolute atomic E-state index is 0.857. The SMILES string of the molecule is Cc1cc(CCCCN2CCN(c3ccccc3Cl)CC2)n[nH]1. The predicted molar refractivity (Wildman–Crippen MR) is 96.4 cm³/mol. The van der Waals surface area contributed by atoms with Crippen molar-refractivity contribution in [3.8, 4) is 0 Å². The summed E-state index contributed by atoms with van der Waals surface area (Å²) in [6.07, 6.45) is 3.51. The molecule has 23 heavy (non-hydrogen) atoms. The molecule has 5 heteroatoms. The molecule has 2 aromatic rings. The van der Waals surface area contributed by atoms with Gasteiger partial charge in [0.15, 0.2) is 0 Å². The van der Waals surface area contributed by atoms with Gasteiger partial charge in [-0.25, -0.2) is 0 Å². The fourth-order valence-electron chi connectivity index (χ4n) is 3.16. The molecular formula is C18H25ClN4. The maximum Gasteiger partial charge on any atom is 0.0639 e. The Balaban J connectivity index is 1.37. The number of rotatable bonds is 6. The molecule has 124 valence electrons. The van der Waals surface area contributed by atoms with Crippen molar-refractivity contribution in [2.75, 3.05) is 37.6 Å². The molecule has 1 aromatic carbocycles. The number of unbranched alkanes of at least 4 members (excludes halogenated alkanes) is 1. The molecular weight excluding hydrogens is 308 g/mol. The third kappa shape index (κ3) is 4.49. The second kappa shape index (κ2) is 7.84. The van der Waals surface area contributed by atoms with Gasteiger partial charge in [-0.15, -0.1) is 0 Å². The quantitative estimate of drug-likeness (QED) is 0.822. The summed E-state index contributed by atoms with van der Waals surface area (Å²) >= 11 is 6.29. The van der Waals surface area contributed by atoms with Gasteiger partial charge in [-0.3, -0.25) is 10.00 Å². The van der Waals surface area contributed by atoms with Gasteiger partial charge < -0.3 is 4.90 Å². The number of nitrogens with zero attached hydrogens (tertiary/aromatic N) is 3. The molecule has 0 aliphatic carbocycles. The highest BCUT2D eigenvalue weighted by Crippen LogP contribution is 2.26. The minimum atomic E-state index is 0.857. The number of nitrogens with one attached hydrogen (secondary N) is 1. The van der Waals surface area contributed by atoms with Crippen molar-refractivity contribution in [1.82, 2.24) is 15.1 Å². The number of para-hydroxylation sites is 1. The molecule has 1 fully saturated rings. The molecule has 0 unspecified atom stereocenters. The number of piperazine rings is 1. The number of hydrogen-bond acceptors (Lipinski definition) is 3. The normalized spacial score (nSPS) is 16.0. The van der Waals surface area contributed by atoms with Crippen molar-refractivity contribution in [3.05, 3.63) is 46.7 Å². The fourth-order valence-corrected chi connectivity index (χ4v) is 3.42. The summed E-state index contributed by atoms with van der Waals surface area (Å²) in [5.74, 6) is 0. The van der Waals surface area contributed by atoms with Gasteiger partial charge in [-0.2, -0.15) is 5.10 Å². The van der Waals surface area contributed by atoms with Crippen LogP contribution in [0.2, 0.25) is 5.02 Å². The van der Waals surface area contributed by atoms with Crippen LogP contribution in [0.15, 0.2) is 30.3 Å². The van der Waals surface area contributed by atoms with Gasteiger partial charge in [0.05, 0.1) is 16.4 Å². The van der Waals surface area contributed by atoms with Gasteiger partial charge in [0.25, 0.3) is 0 Å². The van der Waals surface area contributed by atoms with E-state index in [2.05, 4.69) is 45.1 Å².